The SMILES string of the molecule is CCCNc1nccc(-c2c(-c3ccc(F)cc3)nc3n2C(CC2CCCC2)CC3)n1. The van der Waals surface area contributed by atoms with E-state index in [0.29, 0.717) is 12.0 Å². The topological polar surface area (TPSA) is 55.6 Å². The first-order valence-corrected chi connectivity index (χ1v) is 11.7. The zero-order valence-corrected chi connectivity index (χ0v) is 18.1. The number of aryl methyl sites for hydroxylation is 1. The Labute approximate surface area is 183 Å². The van der Waals surface area contributed by atoms with Gasteiger partial charge >= 0.3 is 0 Å². The maximum Gasteiger partial charge on any atom is 0.223 e. The molecule has 0 saturated heterocycles. The zero-order valence-electron chi connectivity index (χ0n) is 18.1. The molecular weight excluding hydrogens is 389 g/mol. The number of nitrogens with zero attached hydrogens (tertiary/aromatic N) is 4. The highest BCUT2D eigenvalue weighted by Gasteiger charge is 2.32. The minimum Gasteiger partial charge on any atom is -0.354 e. The van der Waals surface area contributed by atoms with Crippen molar-refractivity contribution in [2.45, 2.75) is 64.3 Å². The summed E-state index contributed by atoms with van der Waals surface area (Å²) < 4.78 is 16.0. The van der Waals surface area contributed by atoms with Crippen molar-refractivity contribution in [2.24, 2.45) is 5.92 Å². The largest absolute Gasteiger partial charge is 0.354 e. The Kier molecular flexibility index (Phi) is 5.70. The monoisotopic (exact) mass is 419 g/mol. The molecule has 1 fully saturated rings. The average Bonchev–Trinajstić information content (AvgIpc) is 3.51. The maximum absolute atomic E-state index is 13.6. The first-order chi connectivity index (χ1) is 15.2. The fourth-order valence-electron chi connectivity index (χ4n) is 5.19. The molecule has 0 spiro atoms. The van der Waals surface area contributed by atoms with Crippen LogP contribution in [0, 0.1) is 11.7 Å². The van der Waals surface area contributed by atoms with E-state index in [0.717, 1.165) is 60.2 Å². The number of halogens is 1. The molecule has 0 radical (unpaired) electrons. The third kappa shape index (κ3) is 4.08. The van der Waals surface area contributed by atoms with Crippen LogP contribution in [0.15, 0.2) is 36.5 Å². The highest BCUT2D eigenvalue weighted by Crippen LogP contribution is 2.43. The Hall–Kier alpha value is -2.76. The van der Waals surface area contributed by atoms with Gasteiger partial charge in [0.2, 0.25) is 5.95 Å². The molecule has 1 unspecified atom stereocenters. The second kappa shape index (κ2) is 8.77. The third-order valence-corrected chi connectivity index (χ3v) is 6.68. The molecule has 5 nitrogen and oxygen atoms in total. The van der Waals surface area contributed by atoms with Crippen molar-refractivity contribution in [3.05, 3.63) is 48.2 Å². The lowest BCUT2D eigenvalue weighted by molar-refractivity contribution is 0.382. The van der Waals surface area contributed by atoms with Crippen LogP contribution in [0.2, 0.25) is 0 Å². The predicted molar refractivity (Wildman–Crippen MR) is 121 cm³/mol. The van der Waals surface area contributed by atoms with Crippen molar-refractivity contribution < 1.29 is 4.39 Å². The van der Waals surface area contributed by atoms with Gasteiger partial charge in [0.15, 0.2) is 0 Å². The molecule has 1 aliphatic heterocycles. The lowest BCUT2D eigenvalue weighted by Gasteiger charge is -2.20. The van der Waals surface area contributed by atoms with E-state index in [4.69, 9.17) is 9.97 Å². The molecule has 31 heavy (non-hydrogen) atoms. The Balaban J connectivity index is 1.59. The van der Waals surface area contributed by atoms with E-state index >= 15 is 0 Å². The highest BCUT2D eigenvalue weighted by molar-refractivity contribution is 5.78. The Morgan fingerprint density at radius 3 is 2.65 bits per heavy atom. The highest BCUT2D eigenvalue weighted by atomic mass is 19.1. The van der Waals surface area contributed by atoms with Crippen molar-refractivity contribution in [2.75, 3.05) is 11.9 Å². The van der Waals surface area contributed by atoms with Crippen molar-refractivity contribution in [1.82, 2.24) is 19.5 Å². The van der Waals surface area contributed by atoms with Gasteiger partial charge in [-0.15, -0.1) is 0 Å². The Bertz CT molecular complexity index is 1040. The van der Waals surface area contributed by atoms with Crippen LogP contribution in [0.4, 0.5) is 10.3 Å². The smallest absolute Gasteiger partial charge is 0.223 e. The van der Waals surface area contributed by atoms with Crippen molar-refractivity contribution in [3.8, 4) is 22.6 Å². The summed E-state index contributed by atoms with van der Waals surface area (Å²) >= 11 is 0. The van der Waals surface area contributed by atoms with Crippen LogP contribution in [0.5, 0.6) is 0 Å². The molecule has 5 rings (SSSR count). The van der Waals surface area contributed by atoms with E-state index in [1.807, 2.05) is 24.4 Å². The number of imidazole rings is 1. The predicted octanol–water partition coefficient (Wildman–Crippen LogP) is 6.04. The van der Waals surface area contributed by atoms with Gasteiger partial charge in [-0.25, -0.2) is 19.3 Å². The number of anilines is 1. The maximum atomic E-state index is 13.6. The number of hydrogen-bond donors (Lipinski definition) is 1. The molecule has 1 N–H and O–H groups in total. The molecule has 3 aromatic rings. The number of rotatable bonds is 7. The summed E-state index contributed by atoms with van der Waals surface area (Å²) in [4.78, 5) is 14.3. The molecule has 0 amide bonds. The summed E-state index contributed by atoms with van der Waals surface area (Å²) in [5.41, 5.74) is 3.75. The lowest BCUT2D eigenvalue weighted by atomic mass is 9.96. The molecule has 2 aliphatic rings. The van der Waals surface area contributed by atoms with Crippen molar-refractivity contribution in [1.29, 1.82) is 0 Å². The number of benzene rings is 1. The molecule has 162 valence electrons. The second-order valence-electron chi connectivity index (χ2n) is 8.87. The van der Waals surface area contributed by atoms with E-state index < -0.39 is 0 Å². The van der Waals surface area contributed by atoms with E-state index in [1.54, 1.807) is 0 Å². The molecule has 0 bridgehead atoms. The summed E-state index contributed by atoms with van der Waals surface area (Å²) in [6.07, 6.45) is 11.6. The number of fused-ring (bicyclic) bond motifs is 1. The van der Waals surface area contributed by atoms with Gasteiger partial charge in [-0.05, 0) is 55.5 Å². The van der Waals surface area contributed by atoms with Crippen LogP contribution in [-0.4, -0.2) is 26.1 Å². The van der Waals surface area contributed by atoms with Crippen LogP contribution in [-0.2, 0) is 6.42 Å². The first-order valence-electron chi connectivity index (χ1n) is 11.7. The molecule has 1 aromatic carbocycles. The molecule has 1 saturated carbocycles. The van der Waals surface area contributed by atoms with Crippen LogP contribution >= 0.6 is 0 Å². The molecule has 2 aromatic heterocycles. The second-order valence-corrected chi connectivity index (χ2v) is 8.87. The van der Waals surface area contributed by atoms with Crippen molar-refractivity contribution in [3.63, 3.8) is 0 Å². The minimum atomic E-state index is -0.232. The number of nitrogens with one attached hydrogen (secondary N) is 1. The fourth-order valence-corrected chi connectivity index (χ4v) is 5.19. The van der Waals surface area contributed by atoms with E-state index in [9.17, 15) is 4.39 Å². The van der Waals surface area contributed by atoms with Gasteiger partial charge in [0.05, 0.1) is 17.1 Å². The number of aromatic nitrogens is 4. The summed E-state index contributed by atoms with van der Waals surface area (Å²) in [5, 5.41) is 3.30. The fraction of sp³-hybridized carbons (Fsp3) is 0.480. The summed E-state index contributed by atoms with van der Waals surface area (Å²) in [7, 11) is 0. The van der Waals surface area contributed by atoms with Gasteiger partial charge in [-0.3, -0.25) is 0 Å². The normalized spacial score (nSPS) is 18.5. The average molecular weight is 420 g/mol. The molecular formula is C25H30FN5. The zero-order chi connectivity index (χ0) is 21.2. The number of hydrogen-bond acceptors (Lipinski definition) is 4. The molecule has 6 heteroatoms. The van der Waals surface area contributed by atoms with Gasteiger partial charge < -0.3 is 9.88 Å². The molecule has 3 heterocycles. The standard InChI is InChI=1S/C25H30FN5/c1-2-14-27-25-28-15-13-21(29-25)24-23(18-7-9-19(26)10-8-18)30-22-12-11-20(31(22)24)16-17-5-3-4-6-17/h7-10,13,15,17,20H,2-6,11-12,14,16H2,1H3,(H,27,28,29). The Morgan fingerprint density at radius 2 is 1.87 bits per heavy atom. The molecule has 1 atom stereocenters. The van der Waals surface area contributed by atoms with E-state index in [1.165, 1.54) is 44.2 Å². The van der Waals surface area contributed by atoms with Gasteiger partial charge in [0, 0.05) is 30.8 Å². The quantitative estimate of drug-likeness (QED) is 0.507. The van der Waals surface area contributed by atoms with Crippen LogP contribution < -0.4 is 5.32 Å². The van der Waals surface area contributed by atoms with Gasteiger partial charge in [-0.1, -0.05) is 32.6 Å². The summed E-state index contributed by atoms with van der Waals surface area (Å²) in [6.45, 7) is 2.96. The van der Waals surface area contributed by atoms with Crippen molar-refractivity contribution >= 4 is 5.95 Å². The lowest BCUT2D eigenvalue weighted by Crippen LogP contribution is -2.11. The minimum absolute atomic E-state index is 0.232. The van der Waals surface area contributed by atoms with Gasteiger partial charge in [0.1, 0.15) is 11.6 Å². The van der Waals surface area contributed by atoms with Gasteiger partial charge in [0.25, 0.3) is 0 Å². The van der Waals surface area contributed by atoms with E-state index in [-0.39, 0.29) is 5.82 Å². The Morgan fingerprint density at radius 1 is 1.06 bits per heavy atom. The summed E-state index contributed by atoms with van der Waals surface area (Å²) in [5.74, 6) is 2.35. The van der Waals surface area contributed by atoms with Crippen LogP contribution in [0.25, 0.3) is 22.6 Å². The molecule has 1 aliphatic carbocycles. The van der Waals surface area contributed by atoms with Crippen LogP contribution in [0.1, 0.15) is 63.7 Å². The summed E-state index contributed by atoms with van der Waals surface area (Å²) in [6, 6.07) is 9.08. The third-order valence-electron chi connectivity index (χ3n) is 6.68. The van der Waals surface area contributed by atoms with Crippen LogP contribution in [0.3, 0.4) is 0 Å². The van der Waals surface area contributed by atoms with E-state index in [2.05, 4.69) is 21.8 Å². The van der Waals surface area contributed by atoms with Gasteiger partial charge in [-0.2, -0.15) is 0 Å². The first kappa shape index (κ1) is 20.2.